The van der Waals surface area contributed by atoms with Crippen molar-refractivity contribution < 1.29 is 9.53 Å². The molecular formula is C16H16ClNO2. The second-order valence-electron chi connectivity index (χ2n) is 5.01. The Morgan fingerprint density at radius 2 is 1.80 bits per heavy atom. The molecule has 1 amide bonds. The van der Waals surface area contributed by atoms with Gasteiger partial charge in [0.15, 0.2) is 5.75 Å². The first-order valence-electron chi connectivity index (χ1n) is 6.90. The van der Waals surface area contributed by atoms with Crippen LogP contribution in [-0.4, -0.2) is 24.1 Å². The summed E-state index contributed by atoms with van der Waals surface area (Å²) in [6, 6.07) is 11.5. The summed E-state index contributed by atoms with van der Waals surface area (Å²) < 4.78 is 5.45. The Morgan fingerprint density at radius 3 is 2.60 bits per heavy atom. The first-order valence-corrected chi connectivity index (χ1v) is 7.27. The average Bonchev–Trinajstić information content (AvgIpc) is 2.51. The molecule has 0 N–H and O–H groups in total. The predicted molar refractivity (Wildman–Crippen MR) is 80.4 cm³/mol. The zero-order valence-electron chi connectivity index (χ0n) is 11.1. The Kier molecular flexibility index (Phi) is 3.79. The summed E-state index contributed by atoms with van der Waals surface area (Å²) in [5, 5.41) is 2.43. The molecule has 1 heterocycles. The molecule has 3 rings (SSSR count). The highest BCUT2D eigenvalue weighted by Crippen LogP contribution is 2.33. The highest BCUT2D eigenvalue weighted by atomic mass is 35.5. The molecule has 0 spiro atoms. The number of carbonyl (C=O) groups is 1. The molecule has 4 heteroatoms. The summed E-state index contributed by atoms with van der Waals surface area (Å²) >= 11 is 6.33. The van der Waals surface area contributed by atoms with Crippen LogP contribution < -0.4 is 4.74 Å². The number of nitrogens with zero attached hydrogens (tertiary/aromatic N) is 1. The van der Waals surface area contributed by atoms with Crippen LogP contribution in [0.25, 0.3) is 10.8 Å². The fourth-order valence-electron chi connectivity index (χ4n) is 2.53. The van der Waals surface area contributed by atoms with Crippen molar-refractivity contribution in [2.75, 3.05) is 13.1 Å². The third-order valence-corrected chi connectivity index (χ3v) is 4.03. The molecule has 1 aliphatic rings. The van der Waals surface area contributed by atoms with E-state index in [1.807, 2.05) is 30.3 Å². The van der Waals surface area contributed by atoms with E-state index in [2.05, 4.69) is 0 Å². The van der Waals surface area contributed by atoms with Crippen LogP contribution in [0.15, 0.2) is 36.4 Å². The number of hydrogen-bond acceptors (Lipinski definition) is 2. The molecule has 2 aromatic carbocycles. The van der Waals surface area contributed by atoms with Gasteiger partial charge in [0, 0.05) is 18.5 Å². The van der Waals surface area contributed by atoms with Crippen molar-refractivity contribution in [1.82, 2.24) is 4.90 Å². The number of rotatable bonds is 1. The van der Waals surface area contributed by atoms with E-state index in [4.69, 9.17) is 16.3 Å². The summed E-state index contributed by atoms with van der Waals surface area (Å²) in [5.74, 6) is 0.431. The van der Waals surface area contributed by atoms with Gasteiger partial charge < -0.3 is 9.64 Å². The number of hydrogen-bond donors (Lipinski definition) is 0. The van der Waals surface area contributed by atoms with E-state index in [1.165, 1.54) is 6.42 Å². The van der Waals surface area contributed by atoms with Crippen LogP contribution in [0.5, 0.6) is 5.75 Å². The average molecular weight is 290 g/mol. The van der Waals surface area contributed by atoms with Gasteiger partial charge >= 0.3 is 6.09 Å². The van der Waals surface area contributed by atoms with Crippen LogP contribution in [0.4, 0.5) is 4.79 Å². The zero-order valence-corrected chi connectivity index (χ0v) is 11.9. The fourth-order valence-corrected chi connectivity index (χ4v) is 2.80. The van der Waals surface area contributed by atoms with Crippen molar-refractivity contribution in [2.45, 2.75) is 19.3 Å². The third kappa shape index (κ3) is 2.59. The van der Waals surface area contributed by atoms with Crippen molar-refractivity contribution in [2.24, 2.45) is 0 Å². The summed E-state index contributed by atoms with van der Waals surface area (Å²) in [6.07, 6.45) is 2.96. The van der Waals surface area contributed by atoms with Gasteiger partial charge in [-0.25, -0.2) is 4.79 Å². The Balaban J connectivity index is 1.83. The number of fused-ring (bicyclic) bond motifs is 1. The van der Waals surface area contributed by atoms with E-state index in [9.17, 15) is 4.79 Å². The quantitative estimate of drug-likeness (QED) is 0.775. The molecule has 0 radical (unpaired) electrons. The molecule has 104 valence electrons. The topological polar surface area (TPSA) is 29.5 Å². The summed E-state index contributed by atoms with van der Waals surface area (Å²) in [7, 11) is 0. The van der Waals surface area contributed by atoms with Crippen LogP contribution in [-0.2, 0) is 0 Å². The Morgan fingerprint density at radius 1 is 1.05 bits per heavy atom. The standard InChI is InChI=1S/C16H16ClNO2/c17-15-13-7-3-2-6-12(13)8-9-14(15)20-16(19)18-10-4-1-5-11-18/h2-3,6-9H,1,4-5,10-11H2. The molecule has 0 saturated carbocycles. The maximum Gasteiger partial charge on any atom is 0.415 e. The number of halogens is 1. The number of piperidine rings is 1. The van der Waals surface area contributed by atoms with Crippen LogP contribution >= 0.6 is 11.6 Å². The van der Waals surface area contributed by atoms with Crippen LogP contribution in [0, 0.1) is 0 Å². The van der Waals surface area contributed by atoms with Crippen molar-refractivity contribution in [1.29, 1.82) is 0 Å². The van der Waals surface area contributed by atoms with E-state index in [1.54, 1.807) is 11.0 Å². The third-order valence-electron chi connectivity index (χ3n) is 3.64. The normalized spacial score (nSPS) is 15.3. The highest BCUT2D eigenvalue weighted by molar-refractivity contribution is 6.37. The van der Waals surface area contributed by atoms with Gasteiger partial charge in [-0.2, -0.15) is 0 Å². The van der Waals surface area contributed by atoms with Crippen LogP contribution in [0.2, 0.25) is 5.02 Å². The minimum atomic E-state index is -0.304. The summed E-state index contributed by atoms with van der Waals surface area (Å²) in [5.41, 5.74) is 0. The molecule has 1 fully saturated rings. The Bertz CT molecular complexity index is 635. The minimum absolute atomic E-state index is 0.304. The number of likely N-dealkylation sites (tertiary alicyclic amines) is 1. The van der Waals surface area contributed by atoms with Crippen LogP contribution in [0.3, 0.4) is 0 Å². The molecule has 0 atom stereocenters. The van der Waals surface area contributed by atoms with Crippen molar-refractivity contribution in [3.63, 3.8) is 0 Å². The molecular weight excluding hydrogens is 274 g/mol. The zero-order chi connectivity index (χ0) is 13.9. The molecule has 1 aliphatic heterocycles. The van der Waals surface area contributed by atoms with E-state index in [0.29, 0.717) is 10.8 Å². The molecule has 20 heavy (non-hydrogen) atoms. The minimum Gasteiger partial charge on any atom is -0.409 e. The van der Waals surface area contributed by atoms with Gasteiger partial charge in [-0.3, -0.25) is 0 Å². The van der Waals surface area contributed by atoms with Gasteiger partial charge in [0.05, 0.1) is 5.02 Å². The number of carbonyl (C=O) groups excluding carboxylic acids is 1. The lowest BCUT2D eigenvalue weighted by Gasteiger charge is -2.25. The van der Waals surface area contributed by atoms with Gasteiger partial charge in [-0.15, -0.1) is 0 Å². The summed E-state index contributed by atoms with van der Waals surface area (Å²) in [6.45, 7) is 1.54. The molecule has 0 aliphatic carbocycles. The predicted octanol–water partition coefficient (Wildman–Crippen LogP) is 4.48. The SMILES string of the molecule is O=C(Oc1ccc2ccccc2c1Cl)N1CCCCC1. The van der Waals surface area contributed by atoms with Crippen molar-refractivity contribution in [3.05, 3.63) is 41.4 Å². The second-order valence-corrected chi connectivity index (χ2v) is 5.39. The van der Waals surface area contributed by atoms with Crippen molar-refractivity contribution in [3.8, 4) is 5.75 Å². The maximum absolute atomic E-state index is 12.1. The maximum atomic E-state index is 12.1. The molecule has 2 aromatic rings. The van der Waals surface area contributed by atoms with Gasteiger partial charge in [0.2, 0.25) is 0 Å². The Hall–Kier alpha value is -1.74. The fraction of sp³-hybridized carbons (Fsp3) is 0.312. The monoisotopic (exact) mass is 289 g/mol. The van der Waals surface area contributed by atoms with E-state index >= 15 is 0 Å². The van der Waals surface area contributed by atoms with E-state index in [0.717, 1.165) is 36.7 Å². The number of amides is 1. The molecule has 0 bridgehead atoms. The lowest BCUT2D eigenvalue weighted by molar-refractivity contribution is 0.142. The molecule has 3 nitrogen and oxygen atoms in total. The number of ether oxygens (including phenoxy) is 1. The molecule has 0 aromatic heterocycles. The van der Waals surface area contributed by atoms with Gasteiger partial charge in [-0.05, 0) is 30.7 Å². The Labute approximate surface area is 123 Å². The smallest absolute Gasteiger partial charge is 0.409 e. The van der Waals surface area contributed by atoms with Crippen LogP contribution in [0.1, 0.15) is 19.3 Å². The second kappa shape index (κ2) is 5.71. The van der Waals surface area contributed by atoms with Gasteiger partial charge in [-0.1, -0.05) is 41.9 Å². The first kappa shape index (κ1) is 13.3. The number of benzene rings is 2. The lowest BCUT2D eigenvalue weighted by Crippen LogP contribution is -2.37. The van der Waals surface area contributed by atoms with Gasteiger partial charge in [0.1, 0.15) is 0 Å². The van der Waals surface area contributed by atoms with E-state index < -0.39 is 0 Å². The summed E-state index contributed by atoms with van der Waals surface area (Å²) in [4.78, 5) is 13.8. The first-order chi connectivity index (χ1) is 9.75. The molecule has 1 saturated heterocycles. The largest absolute Gasteiger partial charge is 0.415 e. The highest BCUT2D eigenvalue weighted by Gasteiger charge is 2.19. The molecule has 0 unspecified atom stereocenters. The van der Waals surface area contributed by atoms with Gasteiger partial charge in [0.25, 0.3) is 0 Å². The van der Waals surface area contributed by atoms with Crippen molar-refractivity contribution >= 4 is 28.5 Å². The van der Waals surface area contributed by atoms with E-state index in [-0.39, 0.29) is 6.09 Å². The lowest BCUT2D eigenvalue weighted by atomic mass is 10.1.